The van der Waals surface area contributed by atoms with Gasteiger partial charge in [-0.25, -0.2) is 10.4 Å². The number of azide groups is 1. The molecule has 11 nitrogen and oxygen atoms in total. The summed E-state index contributed by atoms with van der Waals surface area (Å²) in [6, 6.07) is 29.3. The molecule has 0 saturated carbocycles. The number of hydrogen-bond donors (Lipinski definition) is 3. The SMILES string of the molecule is COc1ccc(CNNC(=O)[C@@]2(Cc3ccccc3Br)N=C(c3ccc(OCCCO)cc3)O[C@H]2c2ccccc2N=[N+]=[N-])cc1. The van der Waals surface area contributed by atoms with Crippen LogP contribution in [-0.4, -0.2) is 42.8 Å². The number of hydrazine groups is 1. The largest absolute Gasteiger partial charge is 0.497 e. The van der Waals surface area contributed by atoms with Gasteiger partial charge in [0.25, 0.3) is 5.91 Å². The van der Waals surface area contributed by atoms with Crippen molar-refractivity contribution in [1.29, 1.82) is 0 Å². The lowest BCUT2D eigenvalue weighted by Crippen LogP contribution is -2.53. The molecule has 1 aliphatic rings. The normalized spacial score (nSPS) is 16.9. The molecule has 46 heavy (non-hydrogen) atoms. The molecule has 0 unspecified atom stereocenters. The Bertz CT molecular complexity index is 1730. The van der Waals surface area contributed by atoms with Gasteiger partial charge in [0.05, 0.1) is 13.7 Å². The summed E-state index contributed by atoms with van der Waals surface area (Å²) in [6.07, 6.45) is -0.284. The molecule has 1 heterocycles. The highest BCUT2D eigenvalue weighted by Crippen LogP contribution is 2.46. The average Bonchev–Trinajstić information content (AvgIpc) is 3.47. The number of benzene rings is 4. The maximum Gasteiger partial charge on any atom is 0.266 e. The van der Waals surface area contributed by atoms with Gasteiger partial charge in [0.1, 0.15) is 11.5 Å². The Morgan fingerprint density at radius 1 is 1.04 bits per heavy atom. The number of aliphatic hydroxyl groups is 1. The number of carbonyl (C=O) groups is 1. The zero-order valence-electron chi connectivity index (χ0n) is 25.1. The summed E-state index contributed by atoms with van der Waals surface area (Å²) in [6.45, 7) is 0.762. The number of nitrogens with one attached hydrogen (secondary N) is 2. The highest BCUT2D eigenvalue weighted by atomic mass is 79.9. The number of rotatable bonds is 14. The molecule has 12 heteroatoms. The molecule has 2 atom stereocenters. The van der Waals surface area contributed by atoms with Gasteiger partial charge in [0, 0.05) is 52.2 Å². The summed E-state index contributed by atoms with van der Waals surface area (Å²) in [7, 11) is 1.61. The lowest BCUT2D eigenvalue weighted by atomic mass is 9.81. The van der Waals surface area contributed by atoms with Crippen LogP contribution in [0.15, 0.2) is 112 Å². The molecule has 4 aromatic carbocycles. The van der Waals surface area contributed by atoms with Gasteiger partial charge in [0.15, 0.2) is 11.6 Å². The Labute approximate surface area is 275 Å². The second kappa shape index (κ2) is 15.4. The number of methoxy groups -OCH3 is 1. The number of hydrogen-bond acceptors (Lipinski definition) is 8. The van der Waals surface area contributed by atoms with Crippen LogP contribution >= 0.6 is 15.9 Å². The van der Waals surface area contributed by atoms with E-state index in [0.29, 0.717) is 42.1 Å². The summed E-state index contributed by atoms with van der Waals surface area (Å²) < 4.78 is 18.3. The summed E-state index contributed by atoms with van der Waals surface area (Å²) in [4.78, 5) is 22.5. The first kappa shape index (κ1) is 32.5. The highest BCUT2D eigenvalue weighted by Gasteiger charge is 2.54. The van der Waals surface area contributed by atoms with Gasteiger partial charge in [-0.1, -0.05) is 75.6 Å². The van der Waals surface area contributed by atoms with Gasteiger partial charge in [-0.05, 0) is 59.1 Å². The third-order valence-corrected chi connectivity index (χ3v) is 8.25. The van der Waals surface area contributed by atoms with E-state index in [9.17, 15) is 10.3 Å². The zero-order valence-corrected chi connectivity index (χ0v) is 26.7. The number of carbonyl (C=O) groups excluding carboxylic acids is 1. The van der Waals surface area contributed by atoms with Crippen molar-refractivity contribution in [3.63, 3.8) is 0 Å². The molecule has 0 fully saturated rings. The first-order chi connectivity index (χ1) is 22.5. The van der Waals surface area contributed by atoms with Gasteiger partial charge >= 0.3 is 0 Å². The smallest absolute Gasteiger partial charge is 0.266 e. The summed E-state index contributed by atoms with van der Waals surface area (Å²) >= 11 is 3.64. The molecule has 3 N–H and O–H groups in total. The van der Waals surface area contributed by atoms with E-state index in [2.05, 4.69) is 36.8 Å². The van der Waals surface area contributed by atoms with Crippen molar-refractivity contribution in [2.75, 3.05) is 20.3 Å². The first-order valence-electron chi connectivity index (χ1n) is 14.6. The van der Waals surface area contributed by atoms with Crippen molar-refractivity contribution < 1.29 is 24.1 Å². The predicted octanol–water partition coefficient (Wildman–Crippen LogP) is 6.48. The minimum atomic E-state index is -1.52. The maximum absolute atomic E-state index is 14.5. The van der Waals surface area contributed by atoms with Gasteiger partial charge in [-0.3, -0.25) is 10.2 Å². The van der Waals surface area contributed by atoms with Crippen LogP contribution in [0.5, 0.6) is 11.5 Å². The Morgan fingerprint density at radius 3 is 2.48 bits per heavy atom. The van der Waals surface area contributed by atoms with Crippen molar-refractivity contribution in [3.05, 3.63) is 134 Å². The molecule has 0 aromatic heterocycles. The number of amides is 1. The Kier molecular flexibility index (Phi) is 10.9. The van der Waals surface area contributed by atoms with Crippen LogP contribution in [0.4, 0.5) is 5.69 Å². The summed E-state index contributed by atoms with van der Waals surface area (Å²) in [5.74, 6) is 1.17. The van der Waals surface area contributed by atoms with Crippen LogP contribution in [0, 0.1) is 0 Å². The van der Waals surface area contributed by atoms with Crippen LogP contribution in [0.1, 0.15) is 34.8 Å². The number of halogens is 1. The average molecular weight is 686 g/mol. The third-order valence-electron chi connectivity index (χ3n) is 7.47. The van der Waals surface area contributed by atoms with E-state index in [1.54, 1.807) is 55.6 Å². The van der Waals surface area contributed by atoms with E-state index in [-0.39, 0.29) is 18.9 Å². The van der Waals surface area contributed by atoms with E-state index in [0.717, 1.165) is 21.3 Å². The molecule has 1 aliphatic heterocycles. The van der Waals surface area contributed by atoms with Crippen LogP contribution in [0.2, 0.25) is 0 Å². The second-order valence-electron chi connectivity index (χ2n) is 10.5. The number of aliphatic imine (C=N–C) groups is 1. The molecule has 1 amide bonds. The van der Waals surface area contributed by atoms with Crippen LogP contribution in [0.25, 0.3) is 10.4 Å². The quantitative estimate of drug-likeness (QED) is 0.0455. The van der Waals surface area contributed by atoms with E-state index in [4.69, 9.17) is 24.3 Å². The molecule has 0 saturated heterocycles. The Balaban J connectivity index is 1.55. The number of ether oxygens (including phenoxy) is 3. The predicted molar refractivity (Wildman–Crippen MR) is 178 cm³/mol. The molecular formula is C34H33BrN6O5. The molecule has 4 aromatic rings. The third kappa shape index (κ3) is 7.49. The van der Waals surface area contributed by atoms with Crippen molar-refractivity contribution in [2.24, 2.45) is 10.1 Å². The van der Waals surface area contributed by atoms with Gasteiger partial charge in [-0.15, -0.1) is 0 Å². The fourth-order valence-corrected chi connectivity index (χ4v) is 5.54. The van der Waals surface area contributed by atoms with Crippen molar-refractivity contribution in [2.45, 2.75) is 31.0 Å². The summed E-state index contributed by atoms with van der Waals surface area (Å²) in [5, 5.41) is 13.0. The summed E-state index contributed by atoms with van der Waals surface area (Å²) in [5.41, 5.74) is 17.0. The fraction of sp³-hybridized carbons (Fsp3) is 0.235. The molecule has 236 valence electrons. The molecule has 5 rings (SSSR count). The minimum Gasteiger partial charge on any atom is -0.497 e. The fourth-order valence-electron chi connectivity index (χ4n) is 5.12. The van der Waals surface area contributed by atoms with Crippen molar-refractivity contribution in [1.82, 2.24) is 10.9 Å². The van der Waals surface area contributed by atoms with Gasteiger partial charge in [0.2, 0.25) is 5.90 Å². The highest BCUT2D eigenvalue weighted by molar-refractivity contribution is 9.10. The van der Waals surface area contributed by atoms with E-state index in [1.165, 1.54) is 0 Å². The lowest BCUT2D eigenvalue weighted by Gasteiger charge is -2.31. The monoisotopic (exact) mass is 684 g/mol. The van der Waals surface area contributed by atoms with E-state index >= 15 is 0 Å². The molecule has 0 spiro atoms. The molecular weight excluding hydrogens is 652 g/mol. The molecule has 0 bridgehead atoms. The standard InChI is InChI=1S/C34H33BrN6O5/c1-44-26-15-11-23(12-16-26)22-37-40-33(43)34(21-25-7-2-4-9-29(25)35)31(28-8-3-5-10-30(28)39-41-36)46-32(38-34)24-13-17-27(18-14-24)45-20-6-19-42/h2-5,7-18,31,37,42H,6,19-22H2,1H3,(H,40,43)/t31-,34-/m0/s1. The minimum absolute atomic E-state index is 0.0398. The van der Waals surface area contributed by atoms with Crippen molar-refractivity contribution in [3.8, 4) is 11.5 Å². The van der Waals surface area contributed by atoms with Gasteiger partial charge < -0.3 is 19.3 Å². The molecule has 0 aliphatic carbocycles. The Hall–Kier alpha value is -4.87. The lowest BCUT2D eigenvalue weighted by molar-refractivity contribution is -0.130. The Morgan fingerprint density at radius 2 is 1.76 bits per heavy atom. The number of nitrogens with zero attached hydrogens (tertiary/aromatic N) is 4. The van der Waals surface area contributed by atoms with Crippen LogP contribution in [0.3, 0.4) is 0 Å². The van der Waals surface area contributed by atoms with E-state index in [1.807, 2.05) is 48.5 Å². The molecule has 0 radical (unpaired) electrons. The van der Waals surface area contributed by atoms with Crippen LogP contribution in [-0.2, 0) is 22.5 Å². The van der Waals surface area contributed by atoms with Crippen molar-refractivity contribution >= 4 is 33.4 Å². The maximum atomic E-state index is 14.5. The number of aliphatic hydroxyl groups excluding tert-OH is 1. The second-order valence-corrected chi connectivity index (χ2v) is 11.3. The zero-order chi connectivity index (χ0) is 32.4. The van der Waals surface area contributed by atoms with Crippen LogP contribution < -0.4 is 20.3 Å². The van der Waals surface area contributed by atoms with E-state index < -0.39 is 17.6 Å². The first-order valence-corrected chi connectivity index (χ1v) is 15.4. The topological polar surface area (TPSA) is 150 Å². The van der Waals surface area contributed by atoms with Gasteiger partial charge in [-0.2, -0.15) is 0 Å².